The topological polar surface area (TPSA) is 167 Å². The van der Waals surface area contributed by atoms with Crippen LogP contribution in [0.3, 0.4) is 0 Å². The summed E-state index contributed by atoms with van der Waals surface area (Å²) in [5, 5.41) is 23.2. The van der Waals surface area contributed by atoms with Gasteiger partial charge >= 0.3 is 18.3 Å². The summed E-state index contributed by atoms with van der Waals surface area (Å²) < 4.78 is 75.6. The van der Waals surface area contributed by atoms with Gasteiger partial charge in [0.2, 0.25) is 11.8 Å². The van der Waals surface area contributed by atoms with Crippen molar-refractivity contribution in [2.24, 2.45) is 5.41 Å². The first-order chi connectivity index (χ1) is 24.6. The van der Waals surface area contributed by atoms with Crippen molar-refractivity contribution >= 4 is 34.6 Å². The molecule has 1 fully saturated rings. The minimum absolute atomic E-state index is 0.0337. The van der Waals surface area contributed by atoms with Gasteiger partial charge in [0.15, 0.2) is 5.69 Å². The molecule has 3 heterocycles. The van der Waals surface area contributed by atoms with Gasteiger partial charge in [-0.15, -0.1) is 0 Å². The van der Waals surface area contributed by atoms with Gasteiger partial charge in [0.25, 0.3) is 5.91 Å². The Morgan fingerprint density at radius 2 is 1.60 bits per heavy atom. The molecule has 0 radical (unpaired) electrons. The number of para-hydroxylation sites is 1. The Bertz CT molecular complexity index is 1970. The number of carboxylic acids is 1. The number of halogens is 6. The summed E-state index contributed by atoms with van der Waals surface area (Å²) in [5.41, 5.74) is -1.30. The average molecular weight is 751 g/mol. The van der Waals surface area contributed by atoms with Gasteiger partial charge in [0.05, 0.1) is 17.2 Å². The number of rotatable bonds is 7. The van der Waals surface area contributed by atoms with Crippen molar-refractivity contribution in [1.82, 2.24) is 30.1 Å². The van der Waals surface area contributed by atoms with E-state index in [1.54, 1.807) is 39.1 Å². The largest absolute Gasteiger partial charge is 0.490 e. The van der Waals surface area contributed by atoms with Gasteiger partial charge in [-0.3, -0.25) is 14.4 Å². The van der Waals surface area contributed by atoms with Crippen molar-refractivity contribution in [2.45, 2.75) is 71.2 Å². The quantitative estimate of drug-likeness (QED) is 0.196. The predicted octanol–water partition coefficient (Wildman–Crippen LogP) is 4.80. The number of aromatic nitrogens is 3. The number of carbonyl (C=O) groups is 4. The number of carbonyl (C=O) groups excluding carboxylic acids is 3. The van der Waals surface area contributed by atoms with E-state index < -0.39 is 70.9 Å². The third-order valence-electron chi connectivity index (χ3n) is 8.24. The molecule has 1 aliphatic heterocycles. The number of aliphatic hydroxyl groups is 1. The first-order valence-electron chi connectivity index (χ1n) is 16.0. The zero-order chi connectivity index (χ0) is 39.5. The predicted molar refractivity (Wildman–Crippen MR) is 177 cm³/mol. The highest BCUT2D eigenvalue weighted by Crippen LogP contribution is 2.33. The number of aliphatic hydroxyl groups excluding tert-OH is 1. The number of β-amino-alcohol motifs (C(OH)–C–C–N with tert-alkyl or cyclic N) is 1. The van der Waals surface area contributed by atoms with E-state index in [-0.39, 0.29) is 25.0 Å². The number of hydrogen-bond acceptors (Lipinski definition) is 7. The Labute approximate surface area is 298 Å². The molecular weight excluding hydrogens is 714 g/mol. The van der Waals surface area contributed by atoms with Crippen molar-refractivity contribution in [3.8, 4) is 5.69 Å². The highest BCUT2D eigenvalue weighted by molar-refractivity contribution is 6.02. The summed E-state index contributed by atoms with van der Waals surface area (Å²) >= 11 is 0. The zero-order valence-electron chi connectivity index (χ0n) is 28.8. The first-order valence-corrected chi connectivity index (χ1v) is 16.0. The van der Waals surface area contributed by atoms with E-state index in [0.717, 1.165) is 23.1 Å². The third kappa shape index (κ3) is 9.88. The number of pyridine rings is 1. The molecule has 2 aromatic heterocycles. The summed E-state index contributed by atoms with van der Waals surface area (Å²) in [6.45, 7) is 6.81. The molecule has 3 atom stereocenters. The maximum atomic E-state index is 14.0. The maximum absolute atomic E-state index is 14.0. The second-order valence-electron chi connectivity index (χ2n) is 13.3. The van der Waals surface area contributed by atoms with E-state index in [1.165, 1.54) is 17.0 Å². The van der Waals surface area contributed by atoms with Crippen LogP contribution in [0.5, 0.6) is 0 Å². The number of imidazole rings is 1. The second-order valence-corrected chi connectivity index (χ2v) is 13.3. The lowest BCUT2D eigenvalue weighted by atomic mass is 9.85. The van der Waals surface area contributed by atoms with Gasteiger partial charge in [-0.25, -0.2) is 14.8 Å². The number of nitrogens with zero attached hydrogens (tertiary/aromatic N) is 4. The van der Waals surface area contributed by atoms with Crippen LogP contribution in [-0.2, 0) is 27.1 Å². The molecule has 0 bridgehead atoms. The van der Waals surface area contributed by atoms with Crippen LogP contribution in [-0.4, -0.2) is 84.2 Å². The van der Waals surface area contributed by atoms with Gasteiger partial charge in [0.1, 0.15) is 17.9 Å². The Kier molecular flexibility index (Phi) is 11.9. The monoisotopic (exact) mass is 750 g/mol. The fourth-order valence-electron chi connectivity index (χ4n) is 5.57. The van der Waals surface area contributed by atoms with Crippen LogP contribution >= 0.6 is 0 Å². The van der Waals surface area contributed by atoms with Crippen molar-refractivity contribution in [3.05, 3.63) is 89.6 Å². The lowest BCUT2D eigenvalue weighted by Gasteiger charge is -2.35. The summed E-state index contributed by atoms with van der Waals surface area (Å²) in [7, 11) is 0. The smallest absolute Gasteiger partial charge is 0.475 e. The summed E-state index contributed by atoms with van der Waals surface area (Å²) in [4.78, 5) is 58.7. The Hall–Kier alpha value is -5.52. The second kappa shape index (κ2) is 15.6. The SMILES string of the molecule is Cc1nccn1-c1ccc(CNC(=O)[C@@H]2C[C@@H](O)CN2C(=O)[C@@H](NC(=O)c2cc3ccccc3nc2C(F)(F)F)C(C)(C)C)cc1.O=C(O)C(F)(F)F. The molecule has 5 rings (SSSR count). The van der Waals surface area contributed by atoms with Crippen LogP contribution in [0.2, 0.25) is 0 Å². The highest BCUT2D eigenvalue weighted by Gasteiger charge is 2.45. The number of nitrogens with one attached hydrogen (secondary N) is 2. The standard InChI is InChI=1S/C33H35F3N6O4.C2HF3O2/c1-19-37-13-14-41(19)22-11-9-20(10-12-22)17-38-30(45)26-16-23(43)18-42(26)31(46)28(32(2,3)4)40-29(44)24-15-21-7-5-6-8-25(21)39-27(24)33(34,35)36;3-2(4,5)1(6)7/h5-15,23,26,28,43H,16-18H2,1-4H3,(H,38,45)(H,40,44);(H,6,7)/t23-,26+,28-;/m1./s1. The van der Waals surface area contributed by atoms with Crippen molar-refractivity contribution in [3.63, 3.8) is 0 Å². The zero-order valence-corrected chi connectivity index (χ0v) is 28.8. The lowest BCUT2D eigenvalue weighted by molar-refractivity contribution is -0.192. The minimum Gasteiger partial charge on any atom is -0.475 e. The lowest BCUT2D eigenvalue weighted by Crippen LogP contribution is -2.57. The minimum atomic E-state index is -5.08. The molecule has 4 N–H and O–H groups in total. The van der Waals surface area contributed by atoms with Crippen LogP contribution in [0, 0.1) is 12.3 Å². The summed E-state index contributed by atoms with van der Waals surface area (Å²) in [5.74, 6) is -4.26. The molecule has 53 heavy (non-hydrogen) atoms. The van der Waals surface area contributed by atoms with Crippen LogP contribution in [0.1, 0.15) is 54.6 Å². The number of amides is 3. The molecule has 1 saturated heterocycles. The molecule has 284 valence electrons. The van der Waals surface area contributed by atoms with Crippen molar-refractivity contribution in [2.75, 3.05) is 6.54 Å². The van der Waals surface area contributed by atoms with Crippen LogP contribution in [0.25, 0.3) is 16.6 Å². The van der Waals surface area contributed by atoms with E-state index in [4.69, 9.17) is 9.90 Å². The molecule has 0 spiro atoms. The summed E-state index contributed by atoms with van der Waals surface area (Å²) in [6.07, 6.45) is -7.52. The van der Waals surface area contributed by atoms with Gasteiger partial charge in [-0.05, 0) is 42.2 Å². The number of benzene rings is 2. The Balaban J connectivity index is 0.000000815. The third-order valence-corrected chi connectivity index (χ3v) is 8.24. The molecule has 1 aliphatic rings. The van der Waals surface area contributed by atoms with E-state index in [9.17, 15) is 45.8 Å². The van der Waals surface area contributed by atoms with E-state index in [0.29, 0.717) is 5.39 Å². The number of alkyl halides is 6. The number of aryl methyl sites for hydroxylation is 1. The normalized spacial score (nSPS) is 16.8. The number of carboxylic acid groups (broad SMARTS) is 1. The van der Waals surface area contributed by atoms with Crippen molar-refractivity contribution < 1.29 is 55.7 Å². The van der Waals surface area contributed by atoms with Crippen LogP contribution < -0.4 is 10.6 Å². The molecule has 18 heteroatoms. The van der Waals surface area contributed by atoms with Gasteiger partial charge in [-0.2, -0.15) is 26.3 Å². The molecule has 0 unspecified atom stereocenters. The fourth-order valence-corrected chi connectivity index (χ4v) is 5.57. The van der Waals surface area contributed by atoms with E-state index in [2.05, 4.69) is 20.6 Å². The molecule has 4 aromatic rings. The van der Waals surface area contributed by atoms with Crippen molar-refractivity contribution in [1.29, 1.82) is 0 Å². The molecule has 12 nitrogen and oxygen atoms in total. The van der Waals surface area contributed by atoms with Crippen LogP contribution in [0.15, 0.2) is 67.0 Å². The molecular formula is C35H36F6N6O6. The van der Waals surface area contributed by atoms with E-state index in [1.807, 2.05) is 42.0 Å². The fraction of sp³-hybridized carbons (Fsp3) is 0.371. The van der Waals surface area contributed by atoms with Crippen LogP contribution in [0.4, 0.5) is 26.3 Å². The highest BCUT2D eigenvalue weighted by atomic mass is 19.4. The first kappa shape index (κ1) is 40.3. The summed E-state index contributed by atoms with van der Waals surface area (Å²) in [6, 6.07) is 12.3. The molecule has 2 aromatic carbocycles. The average Bonchev–Trinajstić information content (AvgIpc) is 3.69. The van der Waals surface area contributed by atoms with E-state index >= 15 is 0 Å². The Morgan fingerprint density at radius 1 is 0.981 bits per heavy atom. The molecule has 0 saturated carbocycles. The molecule has 0 aliphatic carbocycles. The van der Waals surface area contributed by atoms with Gasteiger partial charge < -0.3 is 30.3 Å². The number of likely N-dealkylation sites (tertiary alicyclic amines) is 1. The number of hydrogen-bond donors (Lipinski definition) is 4. The molecule has 3 amide bonds. The maximum Gasteiger partial charge on any atom is 0.490 e. The van der Waals surface area contributed by atoms with Gasteiger partial charge in [0, 0.05) is 43.0 Å². The number of aliphatic carboxylic acids is 1. The number of fused-ring (bicyclic) bond motifs is 1. The van der Waals surface area contributed by atoms with Gasteiger partial charge in [-0.1, -0.05) is 51.1 Å². The Morgan fingerprint density at radius 3 is 2.15 bits per heavy atom.